The van der Waals surface area contributed by atoms with E-state index in [1.54, 1.807) is 0 Å². The number of hydrogen-bond donors (Lipinski definition) is 0. The Kier molecular flexibility index (Phi) is 4.23. The van der Waals surface area contributed by atoms with Crippen LogP contribution in [0.3, 0.4) is 0 Å². The van der Waals surface area contributed by atoms with E-state index in [2.05, 4.69) is 0 Å². The lowest BCUT2D eigenvalue weighted by atomic mass is 9.80. The Bertz CT molecular complexity index is 598. The van der Waals surface area contributed by atoms with E-state index in [0.717, 1.165) is 12.1 Å². The van der Waals surface area contributed by atoms with Crippen LogP contribution in [0.1, 0.15) is 5.56 Å². The third-order valence-corrected chi connectivity index (χ3v) is 2.94. The maximum atomic E-state index is 12.9. The van der Waals surface area contributed by atoms with Gasteiger partial charge in [0.25, 0.3) is 0 Å². The van der Waals surface area contributed by atoms with Gasteiger partial charge in [-0.15, -0.1) is 5.46 Å². The topological polar surface area (TPSA) is 9.23 Å². The van der Waals surface area contributed by atoms with E-state index in [1.165, 1.54) is 30.3 Å². The minimum atomic E-state index is -5.00. The van der Waals surface area contributed by atoms with Crippen LogP contribution in [0.25, 0.3) is 0 Å². The molecule has 0 radical (unpaired) electrons. The second-order valence-corrected chi connectivity index (χ2v) is 4.59. The molecule has 0 aliphatic rings. The summed E-state index contributed by atoms with van der Waals surface area (Å²) in [6, 6.07) is 8.53. The van der Waals surface area contributed by atoms with Crippen molar-refractivity contribution in [2.75, 3.05) is 0 Å². The Morgan fingerprint density at radius 1 is 1.00 bits per heavy atom. The molecule has 0 atom stereocenters. The molecular formula is C13H9BClF4O-. The normalized spacial score (nSPS) is 11.4. The van der Waals surface area contributed by atoms with Crippen LogP contribution in [0.15, 0.2) is 42.5 Å². The van der Waals surface area contributed by atoms with Crippen molar-refractivity contribution < 1.29 is 22.1 Å². The number of halogens is 5. The maximum absolute atomic E-state index is 12.9. The number of hydrogen-bond acceptors (Lipinski definition) is 1. The van der Waals surface area contributed by atoms with Crippen LogP contribution in [0, 0.1) is 5.82 Å². The Balaban J connectivity index is 2.02. The summed E-state index contributed by atoms with van der Waals surface area (Å²) in [6.07, 6.45) is 0. The molecule has 0 amide bonds. The van der Waals surface area contributed by atoms with Crippen molar-refractivity contribution >= 4 is 24.0 Å². The lowest BCUT2D eigenvalue weighted by Crippen LogP contribution is -2.33. The van der Waals surface area contributed by atoms with E-state index in [0.29, 0.717) is 11.3 Å². The second-order valence-electron chi connectivity index (χ2n) is 4.18. The molecule has 0 N–H and O–H groups in total. The SMILES string of the molecule is Fc1ccc(COc2ccc([B-](F)(F)F)cc2)cc1Cl. The van der Waals surface area contributed by atoms with Gasteiger partial charge in [0.05, 0.1) is 5.02 Å². The van der Waals surface area contributed by atoms with E-state index in [9.17, 15) is 17.3 Å². The van der Waals surface area contributed by atoms with Crippen LogP contribution in [-0.2, 0) is 6.61 Å². The molecule has 106 valence electrons. The van der Waals surface area contributed by atoms with Crippen molar-refractivity contribution in [1.29, 1.82) is 0 Å². The molecule has 2 aromatic carbocycles. The van der Waals surface area contributed by atoms with Crippen LogP contribution in [0.4, 0.5) is 17.3 Å². The third kappa shape index (κ3) is 3.66. The van der Waals surface area contributed by atoms with Gasteiger partial charge in [0.2, 0.25) is 0 Å². The predicted octanol–water partition coefficient (Wildman–Crippen LogP) is 4.11. The summed E-state index contributed by atoms with van der Waals surface area (Å²) in [5.74, 6) is -0.235. The highest BCUT2D eigenvalue weighted by atomic mass is 35.5. The van der Waals surface area contributed by atoms with Crippen molar-refractivity contribution in [3.8, 4) is 5.75 Å². The maximum Gasteiger partial charge on any atom is 0.509 e. The molecule has 0 saturated carbocycles. The molecule has 0 aliphatic heterocycles. The number of ether oxygens (including phenoxy) is 1. The van der Waals surface area contributed by atoms with Gasteiger partial charge in [-0.1, -0.05) is 29.8 Å². The molecule has 2 rings (SSSR count). The average molecular weight is 303 g/mol. The molecule has 7 heteroatoms. The predicted molar refractivity (Wildman–Crippen MR) is 70.9 cm³/mol. The van der Waals surface area contributed by atoms with Crippen molar-refractivity contribution in [3.63, 3.8) is 0 Å². The van der Waals surface area contributed by atoms with Gasteiger partial charge < -0.3 is 17.7 Å². The zero-order valence-corrected chi connectivity index (χ0v) is 10.9. The smallest absolute Gasteiger partial charge is 0.489 e. The monoisotopic (exact) mass is 303 g/mol. The molecule has 0 fully saturated rings. The summed E-state index contributed by atoms with van der Waals surface area (Å²) >= 11 is 5.61. The molecule has 1 nitrogen and oxygen atoms in total. The molecule has 0 spiro atoms. The molecule has 0 saturated heterocycles. The van der Waals surface area contributed by atoms with Crippen LogP contribution in [-0.4, -0.2) is 6.98 Å². The van der Waals surface area contributed by atoms with Crippen molar-refractivity contribution in [1.82, 2.24) is 0 Å². The fraction of sp³-hybridized carbons (Fsp3) is 0.0769. The second kappa shape index (κ2) is 5.75. The minimum absolute atomic E-state index is 0.0266. The Morgan fingerprint density at radius 3 is 2.20 bits per heavy atom. The zero-order valence-electron chi connectivity index (χ0n) is 10.1. The molecule has 0 aliphatic carbocycles. The molecule has 2 aromatic rings. The van der Waals surface area contributed by atoms with Crippen LogP contribution in [0.2, 0.25) is 5.02 Å². The highest BCUT2D eigenvalue weighted by Crippen LogP contribution is 2.18. The molecule has 0 heterocycles. The number of rotatable bonds is 4. The van der Waals surface area contributed by atoms with Gasteiger partial charge in [0.15, 0.2) is 0 Å². The standard InChI is InChI=1S/C13H9BClF4O/c15-12-7-9(1-6-13(12)16)8-20-11-4-2-10(3-5-11)14(17,18)19/h1-7H,8H2/q-1. The lowest BCUT2D eigenvalue weighted by Gasteiger charge is -2.15. The van der Waals surface area contributed by atoms with Crippen molar-refractivity contribution in [2.24, 2.45) is 0 Å². The summed E-state index contributed by atoms with van der Waals surface area (Å²) in [5, 5.41) is -0.0266. The third-order valence-electron chi connectivity index (χ3n) is 2.65. The van der Waals surface area contributed by atoms with Gasteiger partial charge >= 0.3 is 6.98 Å². The molecule has 20 heavy (non-hydrogen) atoms. The fourth-order valence-corrected chi connectivity index (χ4v) is 1.78. The van der Waals surface area contributed by atoms with Gasteiger partial charge in [-0.3, -0.25) is 0 Å². The van der Waals surface area contributed by atoms with Gasteiger partial charge in [-0.05, 0) is 29.8 Å². The van der Waals surface area contributed by atoms with E-state index in [-0.39, 0.29) is 11.6 Å². The summed E-state index contributed by atoms with van der Waals surface area (Å²) in [5.41, 5.74) is -0.0531. The van der Waals surface area contributed by atoms with Crippen LogP contribution >= 0.6 is 11.6 Å². The molecule has 0 aromatic heterocycles. The van der Waals surface area contributed by atoms with E-state index in [4.69, 9.17) is 16.3 Å². The van der Waals surface area contributed by atoms with Gasteiger partial charge in [0.1, 0.15) is 18.2 Å². The first-order chi connectivity index (χ1) is 9.36. The van der Waals surface area contributed by atoms with Crippen LogP contribution in [0.5, 0.6) is 5.75 Å². The summed E-state index contributed by atoms with van der Waals surface area (Å²) in [4.78, 5) is 0. The van der Waals surface area contributed by atoms with Crippen molar-refractivity contribution in [3.05, 3.63) is 58.9 Å². The van der Waals surface area contributed by atoms with Gasteiger partial charge in [-0.2, -0.15) is 0 Å². The quantitative estimate of drug-likeness (QED) is 0.610. The fourth-order valence-electron chi connectivity index (χ4n) is 1.58. The summed E-state index contributed by atoms with van der Waals surface area (Å²) in [6.45, 7) is -4.91. The van der Waals surface area contributed by atoms with Gasteiger partial charge in [0, 0.05) is 0 Å². The van der Waals surface area contributed by atoms with Crippen LogP contribution < -0.4 is 10.2 Å². The first-order valence-electron chi connectivity index (χ1n) is 5.73. The average Bonchev–Trinajstić information content (AvgIpc) is 2.40. The Morgan fingerprint density at radius 2 is 1.65 bits per heavy atom. The minimum Gasteiger partial charge on any atom is -0.489 e. The van der Waals surface area contributed by atoms with E-state index in [1.807, 2.05) is 0 Å². The number of benzene rings is 2. The highest BCUT2D eigenvalue weighted by Gasteiger charge is 2.24. The molecule has 0 bridgehead atoms. The van der Waals surface area contributed by atoms with Gasteiger partial charge in [-0.25, -0.2) is 4.39 Å². The lowest BCUT2D eigenvalue weighted by molar-refractivity contribution is 0.306. The summed E-state index contributed by atoms with van der Waals surface area (Å²) in [7, 11) is 0. The highest BCUT2D eigenvalue weighted by molar-refractivity contribution is 6.73. The zero-order chi connectivity index (χ0) is 14.8. The summed E-state index contributed by atoms with van der Waals surface area (Å²) < 4.78 is 55.5. The van der Waals surface area contributed by atoms with E-state index >= 15 is 0 Å². The first kappa shape index (κ1) is 14.7. The first-order valence-corrected chi connectivity index (χ1v) is 6.11. The molecule has 0 unspecified atom stereocenters. The Labute approximate surface area is 118 Å². The van der Waals surface area contributed by atoms with E-state index < -0.39 is 18.3 Å². The molecular weight excluding hydrogens is 294 g/mol. The van der Waals surface area contributed by atoms with Crippen molar-refractivity contribution in [2.45, 2.75) is 6.61 Å². The largest absolute Gasteiger partial charge is 0.509 e. The Hall–Kier alpha value is -1.69.